The molecule has 0 radical (unpaired) electrons. The van der Waals surface area contributed by atoms with Gasteiger partial charge in [0, 0.05) is 6.54 Å². The summed E-state index contributed by atoms with van der Waals surface area (Å²) in [6.45, 7) is 3.56. The first kappa shape index (κ1) is 15.0. The van der Waals surface area contributed by atoms with Gasteiger partial charge in [0.25, 0.3) is 0 Å². The second-order valence-corrected chi connectivity index (χ2v) is 5.76. The van der Waals surface area contributed by atoms with E-state index in [9.17, 15) is 9.18 Å². The molecule has 0 unspecified atom stereocenters. The molecule has 20 heavy (non-hydrogen) atoms. The Kier molecular flexibility index (Phi) is 5.12. The number of halogens is 1. The van der Waals surface area contributed by atoms with Crippen molar-refractivity contribution in [3.05, 3.63) is 35.1 Å². The predicted octanol–water partition coefficient (Wildman–Crippen LogP) is 3.11. The summed E-state index contributed by atoms with van der Waals surface area (Å²) in [7, 11) is 0. The van der Waals surface area contributed by atoms with E-state index in [0.717, 1.165) is 49.9 Å². The molecule has 0 atom stereocenters. The van der Waals surface area contributed by atoms with Crippen LogP contribution in [0.3, 0.4) is 0 Å². The third-order valence-corrected chi connectivity index (χ3v) is 4.25. The number of aryl methyl sites for hydroxylation is 1. The zero-order chi connectivity index (χ0) is 14.5. The molecular weight excluding hydrogens is 257 g/mol. The number of carbonyl (C=O) groups is 1. The second-order valence-electron chi connectivity index (χ2n) is 5.76. The van der Waals surface area contributed by atoms with Gasteiger partial charge in [-0.3, -0.25) is 4.79 Å². The van der Waals surface area contributed by atoms with Crippen molar-refractivity contribution in [3.63, 3.8) is 0 Å². The number of hydrogen-bond acceptors (Lipinski definition) is 2. The quantitative estimate of drug-likeness (QED) is 0.870. The fourth-order valence-electron chi connectivity index (χ4n) is 2.88. The molecule has 1 aromatic carbocycles. The molecule has 2 N–H and O–H groups in total. The molecule has 3 nitrogen and oxygen atoms in total. The van der Waals surface area contributed by atoms with Crippen LogP contribution in [0.1, 0.15) is 36.8 Å². The average molecular weight is 279 g/mol. The Morgan fingerprint density at radius 3 is 2.65 bits per heavy atom. The average Bonchev–Trinajstić information content (AvgIpc) is 2.42. The molecule has 0 bridgehead atoms. The SMILES string of the molecule is Cc1cc(F)ccc1CNCC1CCC(C(=O)O)CC1. The number of hydrogen-bond donors (Lipinski definition) is 2. The lowest BCUT2D eigenvalue weighted by Gasteiger charge is -2.26. The van der Waals surface area contributed by atoms with E-state index < -0.39 is 5.97 Å². The smallest absolute Gasteiger partial charge is 0.306 e. The molecule has 2 rings (SSSR count). The van der Waals surface area contributed by atoms with Gasteiger partial charge in [-0.25, -0.2) is 4.39 Å². The van der Waals surface area contributed by atoms with Gasteiger partial charge in [-0.1, -0.05) is 6.07 Å². The van der Waals surface area contributed by atoms with Gasteiger partial charge in [-0.2, -0.15) is 0 Å². The molecule has 1 aliphatic carbocycles. The van der Waals surface area contributed by atoms with Crippen molar-refractivity contribution in [2.45, 2.75) is 39.2 Å². The molecule has 0 heterocycles. The minimum absolute atomic E-state index is 0.148. The highest BCUT2D eigenvalue weighted by Crippen LogP contribution is 2.28. The highest BCUT2D eigenvalue weighted by molar-refractivity contribution is 5.69. The van der Waals surface area contributed by atoms with Crippen LogP contribution in [0, 0.1) is 24.6 Å². The van der Waals surface area contributed by atoms with Crippen LogP contribution in [0.2, 0.25) is 0 Å². The van der Waals surface area contributed by atoms with E-state index in [1.807, 2.05) is 13.0 Å². The summed E-state index contributed by atoms with van der Waals surface area (Å²) >= 11 is 0. The minimum Gasteiger partial charge on any atom is -0.481 e. The summed E-state index contributed by atoms with van der Waals surface area (Å²) in [6, 6.07) is 4.86. The first-order valence-corrected chi connectivity index (χ1v) is 7.25. The van der Waals surface area contributed by atoms with E-state index in [-0.39, 0.29) is 11.7 Å². The number of carboxylic acids is 1. The zero-order valence-corrected chi connectivity index (χ0v) is 11.9. The molecule has 0 aromatic heterocycles. The number of nitrogens with one attached hydrogen (secondary N) is 1. The number of rotatable bonds is 5. The van der Waals surface area contributed by atoms with Gasteiger partial charge in [0.05, 0.1) is 5.92 Å². The Labute approximate surface area is 119 Å². The first-order chi connectivity index (χ1) is 9.56. The summed E-state index contributed by atoms with van der Waals surface area (Å²) < 4.78 is 13.0. The summed E-state index contributed by atoms with van der Waals surface area (Å²) in [5.41, 5.74) is 2.08. The summed E-state index contributed by atoms with van der Waals surface area (Å²) in [5, 5.41) is 12.4. The van der Waals surface area contributed by atoms with Crippen LogP contribution < -0.4 is 5.32 Å². The molecule has 1 fully saturated rings. The van der Waals surface area contributed by atoms with Gasteiger partial charge < -0.3 is 10.4 Å². The Morgan fingerprint density at radius 2 is 2.05 bits per heavy atom. The summed E-state index contributed by atoms with van der Waals surface area (Å²) in [6.07, 6.45) is 3.53. The van der Waals surface area contributed by atoms with Crippen molar-refractivity contribution >= 4 is 5.97 Å². The standard InChI is InChI=1S/C16H22FNO2/c1-11-8-15(17)7-6-14(11)10-18-9-12-2-4-13(5-3-12)16(19)20/h6-8,12-13,18H,2-5,9-10H2,1H3,(H,19,20). The Hall–Kier alpha value is -1.42. The summed E-state index contributed by atoms with van der Waals surface area (Å²) in [5.74, 6) is -0.437. The van der Waals surface area contributed by atoms with Crippen LogP contribution in [0.15, 0.2) is 18.2 Å². The lowest BCUT2D eigenvalue weighted by Crippen LogP contribution is -2.28. The van der Waals surface area contributed by atoms with Crippen LogP contribution >= 0.6 is 0 Å². The molecule has 0 amide bonds. The topological polar surface area (TPSA) is 49.3 Å². The van der Waals surface area contributed by atoms with E-state index in [2.05, 4.69) is 5.32 Å². The molecule has 0 aliphatic heterocycles. The van der Waals surface area contributed by atoms with Gasteiger partial charge in [0.1, 0.15) is 5.82 Å². The number of aliphatic carboxylic acids is 1. The third kappa shape index (κ3) is 4.04. The van der Waals surface area contributed by atoms with E-state index >= 15 is 0 Å². The molecule has 1 aromatic rings. The van der Waals surface area contributed by atoms with Crippen molar-refractivity contribution in [1.82, 2.24) is 5.32 Å². The van der Waals surface area contributed by atoms with E-state index in [0.29, 0.717) is 5.92 Å². The lowest BCUT2D eigenvalue weighted by atomic mass is 9.82. The molecule has 0 spiro atoms. The fourth-order valence-corrected chi connectivity index (χ4v) is 2.88. The predicted molar refractivity (Wildman–Crippen MR) is 75.9 cm³/mol. The zero-order valence-electron chi connectivity index (χ0n) is 11.9. The van der Waals surface area contributed by atoms with Gasteiger partial charge in [-0.15, -0.1) is 0 Å². The van der Waals surface area contributed by atoms with Crippen LogP contribution in [0.4, 0.5) is 4.39 Å². The highest BCUT2D eigenvalue weighted by atomic mass is 19.1. The van der Waals surface area contributed by atoms with Crippen molar-refractivity contribution in [2.24, 2.45) is 11.8 Å². The van der Waals surface area contributed by atoms with Crippen molar-refractivity contribution < 1.29 is 14.3 Å². The molecule has 4 heteroatoms. The Balaban J connectivity index is 1.73. The van der Waals surface area contributed by atoms with E-state index in [1.54, 1.807) is 6.07 Å². The maximum Gasteiger partial charge on any atom is 0.306 e. The lowest BCUT2D eigenvalue weighted by molar-refractivity contribution is -0.143. The molecule has 1 saturated carbocycles. The van der Waals surface area contributed by atoms with Gasteiger partial charge in [0.15, 0.2) is 0 Å². The maximum atomic E-state index is 13.0. The fraction of sp³-hybridized carbons (Fsp3) is 0.562. The summed E-state index contributed by atoms with van der Waals surface area (Å²) in [4.78, 5) is 10.9. The molecule has 0 saturated heterocycles. The number of carboxylic acid groups (broad SMARTS) is 1. The Bertz CT molecular complexity index is 468. The molecule has 110 valence electrons. The second kappa shape index (κ2) is 6.84. The molecule has 1 aliphatic rings. The highest BCUT2D eigenvalue weighted by Gasteiger charge is 2.25. The van der Waals surface area contributed by atoms with Gasteiger partial charge >= 0.3 is 5.97 Å². The van der Waals surface area contributed by atoms with Crippen LogP contribution in [0.5, 0.6) is 0 Å². The van der Waals surface area contributed by atoms with E-state index in [1.165, 1.54) is 6.07 Å². The van der Waals surface area contributed by atoms with Crippen molar-refractivity contribution in [2.75, 3.05) is 6.54 Å². The van der Waals surface area contributed by atoms with Gasteiger partial charge in [0.2, 0.25) is 0 Å². The van der Waals surface area contributed by atoms with Crippen LogP contribution in [-0.4, -0.2) is 17.6 Å². The normalized spacial score (nSPS) is 22.7. The number of benzene rings is 1. The minimum atomic E-state index is -0.654. The van der Waals surface area contributed by atoms with Crippen LogP contribution in [-0.2, 0) is 11.3 Å². The first-order valence-electron chi connectivity index (χ1n) is 7.25. The molecular formula is C16H22FNO2. The Morgan fingerprint density at radius 1 is 1.35 bits per heavy atom. The van der Waals surface area contributed by atoms with E-state index in [4.69, 9.17) is 5.11 Å². The monoisotopic (exact) mass is 279 g/mol. The van der Waals surface area contributed by atoms with Gasteiger partial charge in [-0.05, 0) is 68.3 Å². The van der Waals surface area contributed by atoms with Crippen molar-refractivity contribution in [1.29, 1.82) is 0 Å². The maximum absolute atomic E-state index is 13.0. The van der Waals surface area contributed by atoms with Crippen molar-refractivity contribution in [3.8, 4) is 0 Å². The largest absolute Gasteiger partial charge is 0.481 e. The third-order valence-electron chi connectivity index (χ3n) is 4.25. The van der Waals surface area contributed by atoms with Crippen LogP contribution in [0.25, 0.3) is 0 Å².